The Kier molecular flexibility index (Phi) is 6.07. The summed E-state index contributed by atoms with van der Waals surface area (Å²) in [5.74, 6) is 1.45. The van der Waals surface area contributed by atoms with Gasteiger partial charge in [-0.3, -0.25) is 19.2 Å². The molecule has 32 heavy (non-hydrogen) atoms. The lowest BCUT2D eigenvalue weighted by atomic mass is 9.76. The fraction of sp³-hybridized carbons (Fsp3) is 0.682. The van der Waals surface area contributed by atoms with Crippen molar-refractivity contribution in [2.24, 2.45) is 12.5 Å². The fourth-order valence-electron chi connectivity index (χ4n) is 4.74. The minimum absolute atomic E-state index is 0.0233. The van der Waals surface area contributed by atoms with Gasteiger partial charge < -0.3 is 14.2 Å². The summed E-state index contributed by atoms with van der Waals surface area (Å²) in [6, 6.07) is -0.0838. The lowest BCUT2D eigenvalue weighted by Gasteiger charge is -2.39. The van der Waals surface area contributed by atoms with Crippen LogP contribution in [0.5, 0.6) is 0 Å². The molecule has 4 heterocycles. The van der Waals surface area contributed by atoms with Crippen molar-refractivity contribution in [2.75, 3.05) is 40.3 Å². The van der Waals surface area contributed by atoms with Crippen molar-refractivity contribution in [1.29, 1.82) is 0 Å². The average Bonchev–Trinajstić information content (AvgIpc) is 3.47. The molecule has 2 aromatic heterocycles. The van der Waals surface area contributed by atoms with E-state index in [2.05, 4.69) is 20.2 Å². The van der Waals surface area contributed by atoms with Gasteiger partial charge in [0.2, 0.25) is 17.7 Å². The molecule has 10 nitrogen and oxygen atoms in total. The summed E-state index contributed by atoms with van der Waals surface area (Å²) in [5, 5.41) is 12.7. The highest BCUT2D eigenvalue weighted by Crippen LogP contribution is 2.48. The maximum Gasteiger partial charge on any atom is 0.257 e. The summed E-state index contributed by atoms with van der Waals surface area (Å²) < 4.78 is 7.64. The van der Waals surface area contributed by atoms with Crippen LogP contribution in [0.4, 0.5) is 0 Å². The number of likely N-dealkylation sites (N-methyl/N-ethyl adjacent to an activating group) is 1. The molecule has 0 saturated carbocycles. The van der Waals surface area contributed by atoms with E-state index in [-0.39, 0.29) is 29.2 Å². The van der Waals surface area contributed by atoms with Crippen molar-refractivity contribution in [3.05, 3.63) is 29.7 Å². The lowest BCUT2D eigenvalue weighted by Crippen LogP contribution is -2.45. The Morgan fingerprint density at radius 3 is 2.53 bits per heavy atom. The van der Waals surface area contributed by atoms with Crippen LogP contribution in [-0.2, 0) is 11.8 Å². The molecular weight excluding hydrogens is 410 g/mol. The molecule has 0 radical (unpaired) electrons. The monoisotopic (exact) mass is 443 g/mol. The number of hydrogen-bond acceptors (Lipinski definition) is 7. The minimum atomic E-state index is -0.0838. The number of carbonyl (C=O) groups excluding carboxylic acids is 2. The van der Waals surface area contributed by atoms with Crippen LogP contribution in [0, 0.1) is 5.41 Å². The van der Waals surface area contributed by atoms with E-state index in [1.54, 1.807) is 36.1 Å². The molecule has 10 heteroatoms. The summed E-state index contributed by atoms with van der Waals surface area (Å²) in [6.07, 6.45) is 5.99. The van der Waals surface area contributed by atoms with E-state index in [1.165, 1.54) is 0 Å². The standard InChI is InChI=1S/C22H33N7O3/c1-15(2)19-24-25-20(32-19)17-10-22(14-29(17)13-18(30)26(3)4)6-8-28(9-7-22)21(31)16-11-23-27(5)12-16/h11-12,15,17H,6-10,13-14H2,1-5H3. The molecule has 0 bridgehead atoms. The smallest absolute Gasteiger partial charge is 0.257 e. The van der Waals surface area contributed by atoms with Crippen LogP contribution in [0.2, 0.25) is 0 Å². The molecule has 2 saturated heterocycles. The molecule has 0 N–H and O–H groups in total. The third-order valence-electron chi connectivity index (χ3n) is 6.74. The second-order valence-electron chi connectivity index (χ2n) is 9.74. The quantitative estimate of drug-likeness (QED) is 0.693. The highest BCUT2D eigenvalue weighted by molar-refractivity contribution is 5.93. The van der Waals surface area contributed by atoms with Gasteiger partial charge in [0.25, 0.3) is 5.91 Å². The minimum Gasteiger partial charge on any atom is -0.423 e. The van der Waals surface area contributed by atoms with E-state index >= 15 is 0 Å². The molecule has 174 valence electrons. The molecule has 2 aliphatic heterocycles. The molecule has 1 spiro atoms. The third-order valence-corrected chi connectivity index (χ3v) is 6.74. The van der Waals surface area contributed by atoms with Gasteiger partial charge in [0.05, 0.1) is 24.3 Å². The second-order valence-corrected chi connectivity index (χ2v) is 9.74. The van der Waals surface area contributed by atoms with E-state index in [0.717, 1.165) is 25.8 Å². The number of hydrogen-bond donors (Lipinski definition) is 0. The van der Waals surface area contributed by atoms with Crippen molar-refractivity contribution in [3.8, 4) is 0 Å². The number of amides is 2. The van der Waals surface area contributed by atoms with Crippen LogP contribution in [-0.4, -0.2) is 86.8 Å². The number of aryl methyl sites for hydroxylation is 1. The normalized spacial score (nSPS) is 20.9. The number of nitrogens with zero attached hydrogens (tertiary/aromatic N) is 7. The molecular formula is C22H33N7O3. The van der Waals surface area contributed by atoms with E-state index in [9.17, 15) is 9.59 Å². The summed E-state index contributed by atoms with van der Waals surface area (Å²) in [7, 11) is 5.36. The third kappa shape index (κ3) is 4.41. The summed E-state index contributed by atoms with van der Waals surface area (Å²) in [4.78, 5) is 31.1. The highest BCUT2D eigenvalue weighted by atomic mass is 16.4. The molecule has 2 aromatic rings. The molecule has 2 fully saturated rings. The zero-order valence-corrected chi connectivity index (χ0v) is 19.6. The Balaban J connectivity index is 1.49. The average molecular weight is 444 g/mol. The molecule has 0 aromatic carbocycles. The van der Waals surface area contributed by atoms with E-state index in [0.29, 0.717) is 37.0 Å². The largest absolute Gasteiger partial charge is 0.423 e. The Morgan fingerprint density at radius 2 is 1.97 bits per heavy atom. The van der Waals surface area contributed by atoms with Gasteiger partial charge in [-0.25, -0.2) is 0 Å². The van der Waals surface area contributed by atoms with E-state index in [4.69, 9.17) is 4.42 Å². The molecule has 1 atom stereocenters. The van der Waals surface area contributed by atoms with Gasteiger partial charge in [-0.15, -0.1) is 10.2 Å². The Bertz CT molecular complexity index is 972. The predicted octanol–water partition coefficient (Wildman–Crippen LogP) is 1.68. The number of rotatable bonds is 5. The van der Waals surface area contributed by atoms with Gasteiger partial charge in [0.15, 0.2) is 0 Å². The molecule has 1 unspecified atom stereocenters. The number of piperidine rings is 1. The topological polar surface area (TPSA) is 101 Å². The fourth-order valence-corrected chi connectivity index (χ4v) is 4.74. The van der Waals surface area contributed by atoms with Crippen molar-refractivity contribution < 1.29 is 14.0 Å². The number of aromatic nitrogens is 4. The summed E-state index contributed by atoms with van der Waals surface area (Å²) in [5.41, 5.74) is 0.646. The SMILES string of the molecule is CC(C)c1nnc(C2CC3(CCN(C(=O)c4cnn(C)c4)CC3)CN2CC(=O)N(C)C)o1. The maximum absolute atomic E-state index is 12.8. The van der Waals surface area contributed by atoms with Gasteiger partial charge in [-0.2, -0.15) is 5.10 Å². The highest BCUT2D eigenvalue weighted by Gasteiger charge is 2.48. The summed E-state index contributed by atoms with van der Waals surface area (Å²) >= 11 is 0. The molecule has 2 amide bonds. The van der Waals surface area contributed by atoms with Crippen molar-refractivity contribution in [2.45, 2.75) is 45.1 Å². The van der Waals surface area contributed by atoms with Crippen LogP contribution in [0.1, 0.15) is 67.2 Å². The first-order valence-electron chi connectivity index (χ1n) is 11.2. The van der Waals surface area contributed by atoms with Gasteiger partial charge in [-0.05, 0) is 24.7 Å². The van der Waals surface area contributed by atoms with Crippen LogP contribution in [0.25, 0.3) is 0 Å². The van der Waals surface area contributed by atoms with Crippen LogP contribution >= 0.6 is 0 Å². The first kappa shape index (κ1) is 22.4. The molecule has 4 rings (SSSR count). The predicted molar refractivity (Wildman–Crippen MR) is 117 cm³/mol. The number of likely N-dealkylation sites (tertiary alicyclic amines) is 2. The molecule has 2 aliphatic rings. The van der Waals surface area contributed by atoms with Crippen LogP contribution in [0.3, 0.4) is 0 Å². The Labute approximate surface area is 188 Å². The zero-order chi connectivity index (χ0) is 23.0. The van der Waals surface area contributed by atoms with E-state index in [1.807, 2.05) is 25.8 Å². The van der Waals surface area contributed by atoms with Crippen molar-refractivity contribution >= 4 is 11.8 Å². The van der Waals surface area contributed by atoms with Gasteiger partial charge >= 0.3 is 0 Å². The summed E-state index contributed by atoms with van der Waals surface area (Å²) in [6.45, 7) is 6.53. The molecule has 0 aliphatic carbocycles. The van der Waals surface area contributed by atoms with Gasteiger partial charge in [0, 0.05) is 52.9 Å². The lowest BCUT2D eigenvalue weighted by molar-refractivity contribution is -0.130. The Hall–Kier alpha value is -2.75. The van der Waals surface area contributed by atoms with Crippen molar-refractivity contribution in [3.63, 3.8) is 0 Å². The van der Waals surface area contributed by atoms with Crippen LogP contribution in [0.15, 0.2) is 16.8 Å². The second kappa shape index (κ2) is 8.65. The van der Waals surface area contributed by atoms with E-state index < -0.39 is 0 Å². The van der Waals surface area contributed by atoms with Crippen LogP contribution < -0.4 is 0 Å². The van der Waals surface area contributed by atoms with Gasteiger partial charge in [-0.1, -0.05) is 13.8 Å². The first-order valence-corrected chi connectivity index (χ1v) is 11.2. The van der Waals surface area contributed by atoms with Crippen molar-refractivity contribution in [1.82, 2.24) is 34.7 Å². The maximum atomic E-state index is 12.8. The first-order chi connectivity index (χ1) is 15.2. The van der Waals surface area contributed by atoms with Gasteiger partial charge in [0.1, 0.15) is 0 Å². The zero-order valence-electron chi connectivity index (χ0n) is 19.6. The Morgan fingerprint density at radius 1 is 1.25 bits per heavy atom. The number of carbonyl (C=O) groups is 2.